The number of nitrogens with one attached hydrogen (secondary N) is 1. The third-order valence-corrected chi connectivity index (χ3v) is 3.00. The van der Waals surface area contributed by atoms with Gasteiger partial charge in [0, 0.05) is 23.5 Å². The first kappa shape index (κ1) is 12.9. The molecule has 0 saturated carbocycles. The summed E-state index contributed by atoms with van der Waals surface area (Å²) < 4.78 is 5.76. The van der Waals surface area contributed by atoms with Gasteiger partial charge in [-0.15, -0.1) is 0 Å². The molecule has 1 heterocycles. The number of hydrogen-bond acceptors (Lipinski definition) is 2. The van der Waals surface area contributed by atoms with Crippen LogP contribution in [0.3, 0.4) is 0 Å². The van der Waals surface area contributed by atoms with Crippen LogP contribution in [0.4, 0.5) is 0 Å². The maximum Gasteiger partial charge on any atom is 0.134 e. The Kier molecular flexibility index (Phi) is 3.87. The Labute approximate surface area is 109 Å². The molecule has 0 atom stereocenters. The van der Waals surface area contributed by atoms with Gasteiger partial charge in [0.1, 0.15) is 11.3 Å². The zero-order valence-electron chi connectivity index (χ0n) is 11.6. The second-order valence-electron chi connectivity index (χ2n) is 5.09. The number of rotatable bonds is 4. The van der Waals surface area contributed by atoms with Crippen LogP contribution in [-0.2, 0) is 0 Å². The van der Waals surface area contributed by atoms with Gasteiger partial charge < -0.3 is 9.73 Å². The van der Waals surface area contributed by atoms with E-state index in [9.17, 15) is 0 Å². The molecule has 2 aromatic rings. The Morgan fingerprint density at radius 2 is 2.06 bits per heavy atom. The molecule has 1 aromatic carbocycles. The van der Waals surface area contributed by atoms with Crippen LogP contribution in [0.15, 0.2) is 34.3 Å². The number of benzene rings is 1. The molecular weight excluding hydrogens is 222 g/mol. The molecule has 0 aliphatic rings. The Morgan fingerprint density at radius 3 is 2.78 bits per heavy atom. The minimum Gasteiger partial charge on any atom is -0.461 e. The van der Waals surface area contributed by atoms with E-state index in [4.69, 9.17) is 4.42 Å². The normalized spacial score (nSPS) is 12.6. The van der Waals surface area contributed by atoms with Gasteiger partial charge in [0.25, 0.3) is 0 Å². The topological polar surface area (TPSA) is 25.2 Å². The lowest BCUT2D eigenvalue weighted by Crippen LogP contribution is -2.24. The highest BCUT2D eigenvalue weighted by Crippen LogP contribution is 2.27. The fourth-order valence-electron chi connectivity index (χ4n) is 2.03. The first-order valence-corrected chi connectivity index (χ1v) is 6.46. The van der Waals surface area contributed by atoms with Gasteiger partial charge in [-0.3, -0.25) is 0 Å². The van der Waals surface area contributed by atoms with Gasteiger partial charge in [0.05, 0.1) is 0 Å². The van der Waals surface area contributed by atoms with Crippen LogP contribution >= 0.6 is 0 Å². The molecule has 0 aliphatic heterocycles. The van der Waals surface area contributed by atoms with Crippen molar-refractivity contribution in [1.29, 1.82) is 0 Å². The second-order valence-corrected chi connectivity index (χ2v) is 5.09. The number of para-hydroxylation sites is 1. The summed E-state index contributed by atoms with van der Waals surface area (Å²) in [6.07, 6.45) is 2.22. The van der Waals surface area contributed by atoms with Crippen molar-refractivity contribution in [3.8, 4) is 0 Å². The minimum absolute atomic E-state index is 0.510. The summed E-state index contributed by atoms with van der Waals surface area (Å²) in [5.41, 5.74) is 3.48. The zero-order chi connectivity index (χ0) is 13.1. The monoisotopic (exact) mass is 243 g/mol. The van der Waals surface area contributed by atoms with Crippen molar-refractivity contribution < 1.29 is 4.42 Å². The Balaban J connectivity index is 2.30. The molecule has 0 aliphatic carbocycles. The summed E-state index contributed by atoms with van der Waals surface area (Å²) >= 11 is 0. The smallest absolute Gasteiger partial charge is 0.134 e. The predicted molar refractivity (Wildman–Crippen MR) is 77.7 cm³/mol. The van der Waals surface area contributed by atoms with Gasteiger partial charge in [0.2, 0.25) is 0 Å². The Hall–Kier alpha value is -1.54. The van der Waals surface area contributed by atoms with Crippen molar-refractivity contribution in [2.24, 2.45) is 0 Å². The molecule has 2 nitrogen and oxygen atoms in total. The zero-order valence-corrected chi connectivity index (χ0v) is 11.6. The van der Waals surface area contributed by atoms with Crippen LogP contribution in [0.1, 0.15) is 32.1 Å². The maximum atomic E-state index is 5.76. The first-order chi connectivity index (χ1) is 8.58. The van der Waals surface area contributed by atoms with Crippen LogP contribution in [0, 0.1) is 6.92 Å². The highest BCUT2D eigenvalue weighted by molar-refractivity contribution is 5.88. The van der Waals surface area contributed by atoms with Crippen LogP contribution in [0.2, 0.25) is 0 Å². The third-order valence-electron chi connectivity index (χ3n) is 3.00. The molecule has 0 saturated heterocycles. The summed E-state index contributed by atoms with van der Waals surface area (Å²) in [6.45, 7) is 9.40. The molecule has 0 fully saturated rings. The van der Waals surface area contributed by atoms with E-state index in [1.165, 1.54) is 16.5 Å². The van der Waals surface area contributed by atoms with Crippen molar-refractivity contribution >= 4 is 17.0 Å². The molecule has 0 unspecified atom stereocenters. The van der Waals surface area contributed by atoms with Crippen LogP contribution in [-0.4, -0.2) is 12.6 Å². The molecule has 96 valence electrons. The summed E-state index contributed by atoms with van der Waals surface area (Å²) in [4.78, 5) is 0. The fraction of sp³-hybridized carbons (Fsp3) is 0.375. The number of fused-ring (bicyclic) bond motifs is 1. The molecule has 1 N–H and O–H groups in total. The van der Waals surface area contributed by atoms with Crippen LogP contribution < -0.4 is 5.32 Å². The van der Waals surface area contributed by atoms with E-state index in [2.05, 4.69) is 44.3 Å². The quantitative estimate of drug-likeness (QED) is 0.873. The van der Waals surface area contributed by atoms with Crippen molar-refractivity contribution in [3.63, 3.8) is 0 Å². The van der Waals surface area contributed by atoms with E-state index < -0.39 is 0 Å². The van der Waals surface area contributed by atoms with Crippen molar-refractivity contribution in [2.75, 3.05) is 6.54 Å². The molecule has 2 heteroatoms. The minimum atomic E-state index is 0.510. The van der Waals surface area contributed by atoms with Gasteiger partial charge in [0.15, 0.2) is 0 Å². The SMILES string of the molecule is C/C(=C\c1c(C)oc2ccccc12)CNC(C)C. The average Bonchev–Trinajstić information content (AvgIpc) is 2.64. The van der Waals surface area contributed by atoms with Crippen LogP contribution in [0.5, 0.6) is 0 Å². The Bertz CT molecular complexity index is 563. The van der Waals surface area contributed by atoms with Gasteiger partial charge >= 0.3 is 0 Å². The molecule has 0 bridgehead atoms. The van der Waals surface area contributed by atoms with E-state index >= 15 is 0 Å². The van der Waals surface area contributed by atoms with Crippen molar-refractivity contribution in [3.05, 3.63) is 41.2 Å². The summed E-state index contributed by atoms with van der Waals surface area (Å²) in [5, 5.41) is 4.62. The first-order valence-electron chi connectivity index (χ1n) is 6.46. The van der Waals surface area contributed by atoms with E-state index in [0.29, 0.717) is 6.04 Å². The number of furan rings is 1. The molecule has 0 radical (unpaired) electrons. The number of aryl methyl sites for hydroxylation is 1. The predicted octanol–water partition coefficient (Wildman–Crippen LogP) is 4.14. The fourth-order valence-corrected chi connectivity index (χ4v) is 2.03. The Morgan fingerprint density at radius 1 is 1.33 bits per heavy atom. The van der Waals surface area contributed by atoms with Crippen molar-refractivity contribution in [2.45, 2.75) is 33.7 Å². The summed E-state index contributed by atoms with van der Waals surface area (Å²) in [5.74, 6) is 0.986. The maximum absolute atomic E-state index is 5.76. The standard InChI is InChI=1S/C16H21NO/c1-11(2)17-10-12(3)9-15-13(4)18-16-8-6-5-7-14(15)16/h5-9,11,17H,10H2,1-4H3/b12-9+. The lowest BCUT2D eigenvalue weighted by Gasteiger charge is -2.07. The van der Waals surface area contributed by atoms with E-state index in [1.807, 2.05) is 19.1 Å². The molecule has 0 spiro atoms. The highest BCUT2D eigenvalue weighted by Gasteiger charge is 2.08. The van der Waals surface area contributed by atoms with E-state index in [0.717, 1.165) is 17.9 Å². The second kappa shape index (κ2) is 5.40. The average molecular weight is 243 g/mol. The van der Waals surface area contributed by atoms with Gasteiger partial charge in [-0.1, -0.05) is 43.7 Å². The lowest BCUT2D eigenvalue weighted by molar-refractivity contribution is 0.577. The molecule has 2 rings (SSSR count). The molecule has 0 amide bonds. The van der Waals surface area contributed by atoms with Gasteiger partial charge in [-0.2, -0.15) is 0 Å². The third kappa shape index (κ3) is 2.82. The molecular formula is C16H21NO. The molecule has 18 heavy (non-hydrogen) atoms. The van der Waals surface area contributed by atoms with E-state index in [-0.39, 0.29) is 0 Å². The summed E-state index contributed by atoms with van der Waals surface area (Å²) in [7, 11) is 0. The summed E-state index contributed by atoms with van der Waals surface area (Å²) in [6, 6.07) is 8.69. The largest absolute Gasteiger partial charge is 0.461 e. The number of hydrogen-bond donors (Lipinski definition) is 1. The lowest BCUT2D eigenvalue weighted by atomic mass is 10.1. The van der Waals surface area contributed by atoms with Crippen molar-refractivity contribution in [1.82, 2.24) is 5.32 Å². The highest BCUT2D eigenvalue weighted by atomic mass is 16.3. The van der Waals surface area contributed by atoms with Crippen LogP contribution in [0.25, 0.3) is 17.0 Å². The van der Waals surface area contributed by atoms with Gasteiger partial charge in [-0.25, -0.2) is 0 Å². The van der Waals surface area contributed by atoms with Gasteiger partial charge in [-0.05, 0) is 19.9 Å². The molecule has 1 aromatic heterocycles. The van der Waals surface area contributed by atoms with E-state index in [1.54, 1.807) is 0 Å².